The Morgan fingerprint density at radius 1 is 1.23 bits per heavy atom. The Bertz CT molecular complexity index is 515. The van der Waals surface area contributed by atoms with E-state index < -0.39 is 22.4 Å². The molecule has 3 aliphatic carbocycles. The molecule has 3 aliphatic rings. The van der Waals surface area contributed by atoms with E-state index in [1.54, 1.807) is 6.92 Å². The fraction of sp³-hybridized carbons (Fsp3) is 0.889. The van der Waals surface area contributed by atoms with Crippen LogP contribution in [0.5, 0.6) is 0 Å². The summed E-state index contributed by atoms with van der Waals surface area (Å²) >= 11 is 0. The summed E-state index contributed by atoms with van der Waals surface area (Å²) in [7, 11) is 0. The molecule has 0 heterocycles. The van der Waals surface area contributed by atoms with Crippen LogP contribution in [0.2, 0.25) is 0 Å². The van der Waals surface area contributed by atoms with Crippen molar-refractivity contribution in [3.63, 3.8) is 0 Å². The van der Waals surface area contributed by atoms with Gasteiger partial charge in [-0.25, -0.2) is 0 Å². The number of aliphatic hydroxyl groups is 1. The van der Waals surface area contributed by atoms with Crippen LogP contribution in [-0.2, 0) is 9.59 Å². The molecule has 0 unspecified atom stereocenters. The van der Waals surface area contributed by atoms with Crippen LogP contribution in [0.4, 0.5) is 0 Å². The lowest BCUT2D eigenvalue weighted by atomic mass is 9.41. The van der Waals surface area contributed by atoms with Gasteiger partial charge < -0.3 is 10.2 Å². The van der Waals surface area contributed by atoms with Crippen molar-refractivity contribution in [1.82, 2.24) is 0 Å². The van der Waals surface area contributed by atoms with E-state index in [0.717, 1.165) is 25.7 Å². The summed E-state index contributed by atoms with van der Waals surface area (Å²) in [5, 5.41) is 21.4. The molecule has 0 radical (unpaired) electrons. The van der Waals surface area contributed by atoms with Crippen LogP contribution in [0.3, 0.4) is 0 Å². The van der Waals surface area contributed by atoms with Crippen LogP contribution >= 0.6 is 0 Å². The van der Waals surface area contributed by atoms with Gasteiger partial charge in [0.15, 0.2) is 0 Å². The van der Waals surface area contributed by atoms with E-state index in [9.17, 15) is 19.8 Å². The molecule has 0 aliphatic heterocycles. The second-order valence-corrected chi connectivity index (χ2v) is 8.58. The minimum absolute atomic E-state index is 0.0891. The molecule has 124 valence electrons. The average molecular weight is 308 g/mol. The SMILES string of the molecule is C[C@H]1CC[C@@H]2C(=O)C[C@H]3[C@](C)(C(=O)O)CCC[C@]3(C)[C@@]2(O)C1. The molecule has 3 fully saturated rings. The molecule has 22 heavy (non-hydrogen) atoms. The Kier molecular flexibility index (Phi) is 3.48. The number of ketones is 1. The van der Waals surface area contributed by atoms with Crippen LogP contribution in [-0.4, -0.2) is 27.6 Å². The monoisotopic (exact) mass is 308 g/mol. The second kappa shape index (κ2) is 4.80. The highest BCUT2D eigenvalue weighted by atomic mass is 16.4. The van der Waals surface area contributed by atoms with E-state index in [1.807, 2.05) is 0 Å². The maximum atomic E-state index is 12.7. The molecule has 0 aromatic carbocycles. The van der Waals surface area contributed by atoms with Crippen LogP contribution in [0, 0.1) is 28.6 Å². The number of hydrogen-bond acceptors (Lipinski definition) is 3. The molecule has 2 N–H and O–H groups in total. The molecular formula is C18H28O4. The Morgan fingerprint density at radius 3 is 2.55 bits per heavy atom. The lowest BCUT2D eigenvalue weighted by Gasteiger charge is -2.63. The van der Waals surface area contributed by atoms with Gasteiger partial charge in [-0.05, 0) is 50.9 Å². The van der Waals surface area contributed by atoms with Gasteiger partial charge in [0.25, 0.3) is 0 Å². The first-order valence-electron chi connectivity index (χ1n) is 8.63. The third-order valence-electron chi connectivity index (χ3n) is 7.39. The van der Waals surface area contributed by atoms with Crippen LogP contribution in [0.1, 0.15) is 65.7 Å². The molecule has 0 aromatic rings. The Hall–Kier alpha value is -0.900. The van der Waals surface area contributed by atoms with Crippen molar-refractivity contribution in [2.75, 3.05) is 0 Å². The fourth-order valence-electron chi connectivity index (χ4n) is 5.97. The van der Waals surface area contributed by atoms with Crippen molar-refractivity contribution in [1.29, 1.82) is 0 Å². The van der Waals surface area contributed by atoms with Crippen LogP contribution in [0.25, 0.3) is 0 Å². The maximum absolute atomic E-state index is 12.7. The lowest BCUT2D eigenvalue weighted by Crippen LogP contribution is -2.68. The van der Waals surface area contributed by atoms with Gasteiger partial charge in [-0.3, -0.25) is 9.59 Å². The molecule has 0 aromatic heterocycles. The van der Waals surface area contributed by atoms with Gasteiger partial charge in [0.05, 0.1) is 11.0 Å². The zero-order valence-corrected chi connectivity index (χ0v) is 13.9. The van der Waals surface area contributed by atoms with Gasteiger partial charge in [-0.2, -0.15) is 0 Å². The molecule has 3 saturated carbocycles. The Balaban J connectivity index is 2.09. The molecule has 3 rings (SSSR count). The molecule has 4 heteroatoms. The van der Waals surface area contributed by atoms with Gasteiger partial charge in [0, 0.05) is 17.8 Å². The van der Waals surface area contributed by atoms with Crippen molar-refractivity contribution < 1.29 is 19.8 Å². The van der Waals surface area contributed by atoms with Crippen molar-refractivity contribution in [3.05, 3.63) is 0 Å². The zero-order chi connectivity index (χ0) is 16.3. The number of Topliss-reactive ketones (excluding diaryl/α,β-unsaturated/α-hetero) is 1. The third-order valence-corrected chi connectivity index (χ3v) is 7.39. The van der Waals surface area contributed by atoms with Crippen molar-refractivity contribution in [2.24, 2.45) is 28.6 Å². The molecular weight excluding hydrogens is 280 g/mol. The van der Waals surface area contributed by atoms with E-state index in [0.29, 0.717) is 25.2 Å². The molecule has 0 bridgehead atoms. The van der Waals surface area contributed by atoms with Gasteiger partial charge in [-0.1, -0.05) is 20.3 Å². The minimum Gasteiger partial charge on any atom is -0.481 e. The summed E-state index contributed by atoms with van der Waals surface area (Å²) in [6, 6.07) is 0. The van der Waals surface area contributed by atoms with E-state index in [-0.39, 0.29) is 17.6 Å². The van der Waals surface area contributed by atoms with Crippen LogP contribution in [0.15, 0.2) is 0 Å². The summed E-state index contributed by atoms with van der Waals surface area (Å²) in [6.45, 7) is 5.96. The topological polar surface area (TPSA) is 74.6 Å². The smallest absolute Gasteiger partial charge is 0.309 e. The van der Waals surface area contributed by atoms with E-state index >= 15 is 0 Å². The largest absolute Gasteiger partial charge is 0.481 e. The van der Waals surface area contributed by atoms with E-state index in [4.69, 9.17) is 0 Å². The Morgan fingerprint density at radius 2 is 1.91 bits per heavy atom. The van der Waals surface area contributed by atoms with Gasteiger partial charge in [0.1, 0.15) is 5.78 Å². The Labute approximate surface area is 132 Å². The number of hydrogen-bond donors (Lipinski definition) is 2. The van der Waals surface area contributed by atoms with Crippen molar-refractivity contribution in [2.45, 2.75) is 71.3 Å². The first-order valence-corrected chi connectivity index (χ1v) is 8.63. The number of aliphatic carboxylic acids is 1. The summed E-state index contributed by atoms with van der Waals surface area (Å²) in [4.78, 5) is 24.6. The molecule has 4 nitrogen and oxygen atoms in total. The van der Waals surface area contributed by atoms with Crippen molar-refractivity contribution in [3.8, 4) is 0 Å². The third kappa shape index (κ3) is 1.85. The minimum atomic E-state index is -1.03. The van der Waals surface area contributed by atoms with Gasteiger partial charge in [-0.15, -0.1) is 0 Å². The zero-order valence-electron chi connectivity index (χ0n) is 13.9. The summed E-state index contributed by atoms with van der Waals surface area (Å²) < 4.78 is 0. The first kappa shape index (κ1) is 16.0. The number of carbonyl (C=O) groups excluding carboxylic acids is 1. The highest BCUT2D eigenvalue weighted by molar-refractivity contribution is 5.86. The molecule has 0 spiro atoms. The highest BCUT2D eigenvalue weighted by Crippen LogP contribution is 2.65. The first-order chi connectivity index (χ1) is 10.1. The van der Waals surface area contributed by atoms with Gasteiger partial charge >= 0.3 is 5.97 Å². The average Bonchev–Trinajstić information content (AvgIpc) is 2.41. The second-order valence-electron chi connectivity index (χ2n) is 8.58. The standard InChI is InChI=1S/C18H28O4/c1-11-5-6-12-13(19)9-14-16(2,15(20)21)7-4-8-17(14,3)18(12,22)10-11/h11-12,14,22H,4-10H2,1-3H3,(H,20,21)/t11-,12+,14-,16+,17-,18+/m0/s1. The predicted octanol–water partition coefficient (Wildman–Crippen LogP) is 3.02. The maximum Gasteiger partial charge on any atom is 0.309 e. The molecule has 6 atom stereocenters. The molecule has 0 amide bonds. The normalized spacial score (nSPS) is 51.8. The highest BCUT2D eigenvalue weighted by Gasteiger charge is 2.67. The predicted molar refractivity (Wildman–Crippen MR) is 82.3 cm³/mol. The number of carboxylic acids is 1. The molecule has 0 saturated heterocycles. The summed E-state index contributed by atoms with van der Waals surface area (Å²) in [5.74, 6) is -0.887. The quantitative estimate of drug-likeness (QED) is 0.781. The number of carboxylic acid groups (broad SMARTS) is 1. The van der Waals surface area contributed by atoms with Crippen molar-refractivity contribution >= 4 is 11.8 Å². The fourth-order valence-corrected chi connectivity index (χ4v) is 5.97. The number of carbonyl (C=O) groups is 2. The van der Waals surface area contributed by atoms with E-state index in [1.165, 1.54) is 0 Å². The lowest BCUT2D eigenvalue weighted by molar-refractivity contribution is -0.228. The van der Waals surface area contributed by atoms with Gasteiger partial charge in [0.2, 0.25) is 0 Å². The van der Waals surface area contributed by atoms with Crippen LogP contribution < -0.4 is 0 Å². The number of fused-ring (bicyclic) bond motifs is 3. The van der Waals surface area contributed by atoms with E-state index in [2.05, 4.69) is 13.8 Å². The summed E-state index contributed by atoms with van der Waals surface area (Å²) in [6.07, 6.45) is 4.93. The number of rotatable bonds is 1. The summed E-state index contributed by atoms with van der Waals surface area (Å²) in [5.41, 5.74) is -2.39.